The zero-order valence-electron chi connectivity index (χ0n) is 6.83. The van der Waals surface area contributed by atoms with Crippen LogP contribution in [0.3, 0.4) is 0 Å². The Balaban J connectivity index is 2.74. The molecule has 0 spiro atoms. The van der Waals surface area contributed by atoms with Crippen LogP contribution in [0.5, 0.6) is 0 Å². The number of hydrogen-bond donors (Lipinski definition) is 0. The first-order chi connectivity index (χ1) is 5.20. The lowest BCUT2D eigenvalue weighted by Gasteiger charge is -2.08. The predicted octanol–water partition coefficient (Wildman–Crippen LogP) is 0.710. The van der Waals surface area contributed by atoms with Crippen LogP contribution >= 0.6 is 0 Å². The van der Waals surface area contributed by atoms with Crippen LogP contribution in [-0.4, -0.2) is 11.8 Å². The zero-order chi connectivity index (χ0) is 8.43. The van der Waals surface area contributed by atoms with Crippen LogP contribution in [0, 0.1) is 11.8 Å². The van der Waals surface area contributed by atoms with Crippen molar-refractivity contribution in [2.24, 2.45) is 11.8 Å². The van der Waals surface area contributed by atoms with Crippen molar-refractivity contribution < 1.29 is 9.59 Å². The molecule has 1 rings (SSSR count). The highest BCUT2D eigenvalue weighted by Crippen LogP contribution is 2.25. The molecular formula is C8H12NO2. The van der Waals surface area contributed by atoms with Gasteiger partial charge in [0.05, 0.1) is 11.8 Å². The summed E-state index contributed by atoms with van der Waals surface area (Å²) in [5, 5.41) is 3.42. The van der Waals surface area contributed by atoms with Crippen molar-refractivity contribution in [2.45, 2.75) is 26.7 Å². The molecule has 1 saturated heterocycles. The molecule has 0 bridgehead atoms. The van der Waals surface area contributed by atoms with E-state index in [9.17, 15) is 9.59 Å². The Kier molecular flexibility index (Phi) is 2.27. The lowest BCUT2D eigenvalue weighted by Crippen LogP contribution is -2.15. The molecule has 1 aliphatic rings. The van der Waals surface area contributed by atoms with Crippen LogP contribution in [0.4, 0.5) is 0 Å². The molecule has 0 saturated carbocycles. The normalized spacial score (nSPS) is 30.7. The maximum atomic E-state index is 11.0. The van der Waals surface area contributed by atoms with Crippen LogP contribution in [0.2, 0.25) is 0 Å². The maximum Gasteiger partial charge on any atom is 0.252 e. The lowest BCUT2D eigenvalue weighted by atomic mass is 9.91. The third-order valence-corrected chi connectivity index (χ3v) is 2.22. The molecule has 1 radical (unpaired) electrons. The Morgan fingerprint density at radius 2 is 1.45 bits per heavy atom. The van der Waals surface area contributed by atoms with Gasteiger partial charge in [-0.25, -0.2) is 0 Å². The van der Waals surface area contributed by atoms with E-state index in [-0.39, 0.29) is 23.7 Å². The third-order valence-electron chi connectivity index (χ3n) is 2.22. The Morgan fingerprint density at radius 3 is 1.73 bits per heavy atom. The number of hydrogen-bond acceptors (Lipinski definition) is 2. The van der Waals surface area contributed by atoms with Crippen molar-refractivity contribution >= 4 is 11.8 Å². The number of rotatable bonds is 2. The molecule has 2 atom stereocenters. The topological polar surface area (TPSA) is 48.2 Å². The van der Waals surface area contributed by atoms with Gasteiger partial charge in [-0.1, -0.05) is 13.8 Å². The Morgan fingerprint density at radius 1 is 1.09 bits per heavy atom. The van der Waals surface area contributed by atoms with E-state index in [0.717, 1.165) is 12.8 Å². The second-order valence-electron chi connectivity index (χ2n) is 2.82. The fourth-order valence-corrected chi connectivity index (χ4v) is 1.54. The van der Waals surface area contributed by atoms with Gasteiger partial charge in [0, 0.05) is 0 Å². The summed E-state index contributed by atoms with van der Waals surface area (Å²) in [6, 6.07) is 0. The molecular weight excluding hydrogens is 142 g/mol. The number of nitrogens with zero attached hydrogens (tertiary/aromatic N) is 1. The minimum atomic E-state index is -0.218. The van der Waals surface area contributed by atoms with Crippen molar-refractivity contribution in [3.63, 3.8) is 0 Å². The Bertz CT molecular complexity index is 169. The fourth-order valence-electron chi connectivity index (χ4n) is 1.54. The van der Waals surface area contributed by atoms with E-state index in [0.29, 0.717) is 0 Å². The maximum absolute atomic E-state index is 11.0. The van der Waals surface area contributed by atoms with Crippen molar-refractivity contribution in [1.29, 1.82) is 0 Å². The van der Waals surface area contributed by atoms with Crippen molar-refractivity contribution in [2.75, 3.05) is 0 Å². The van der Waals surface area contributed by atoms with Crippen molar-refractivity contribution in [3.8, 4) is 0 Å². The number of amides is 2. The largest absolute Gasteiger partial charge is 0.272 e. The van der Waals surface area contributed by atoms with Crippen LogP contribution in [0.15, 0.2) is 0 Å². The minimum absolute atomic E-state index is 0.132. The second-order valence-corrected chi connectivity index (χ2v) is 2.82. The molecule has 0 aliphatic carbocycles. The average Bonchev–Trinajstić information content (AvgIpc) is 2.24. The Hall–Kier alpha value is -0.860. The second kappa shape index (κ2) is 3.03. The molecule has 0 aromatic rings. The first-order valence-electron chi connectivity index (χ1n) is 4.00. The van der Waals surface area contributed by atoms with Gasteiger partial charge in [-0.2, -0.15) is 5.32 Å². The summed E-state index contributed by atoms with van der Waals surface area (Å²) in [5.74, 6) is -0.700. The standard InChI is InChI=1S/C8H12NO2/c1-3-5-6(4-2)8(11)9-7(5)10/h5-6H,3-4H2,1-2H3. The van der Waals surface area contributed by atoms with Gasteiger partial charge in [-0.05, 0) is 12.8 Å². The average molecular weight is 154 g/mol. The summed E-state index contributed by atoms with van der Waals surface area (Å²) in [7, 11) is 0. The molecule has 11 heavy (non-hydrogen) atoms. The van der Waals surface area contributed by atoms with E-state index >= 15 is 0 Å². The number of carbonyl (C=O) groups is 2. The highest BCUT2D eigenvalue weighted by Gasteiger charge is 2.40. The van der Waals surface area contributed by atoms with Crippen molar-refractivity contribution in [3.05, 3.63) is 0 Å². The molecule has 1 fully saturated rings. The molecule has 0 aromatic heterocycles. The highest BCUT2D eigenvalue weighted by molar-refractivity contribution is 6.04. The minimum Gasteiger partial charge on any atom is -0.272 e. The van der Waals surface area contributed by atoms with E-state index < -0.39 is 0 Å². The van der Waals surface area contributed by atoms with E-state index in [1.165, 1.54) is 0 Å². The molecule has 0 N–H and O–H groups in total. The molecule has 0 aromatic carbocycles. The summed E-state index contributed by atoms with van der Waals surface area (Å²) in [6.07, 6.45) is 1.46. The Labute approximate surface area is 66.2 Å². The van der Waals surface area contributed by atoms with Gasteiger partial charge in [-0.3, -0.25) is 9.59 Å². The van der Waals surface area contributed by atoms with E-state index in [4.69, 9.17) is 0 Å². The zero-order valence-corrected chi connectivity index (χ0v) is 6.83. The van der Waals surface area contributed by atoms with Gasteiger partial charge >= 0.3 is 0 Å². The molecule has 2 amide bonds. The molecule has 1 heterocycles. The van der Waals surface area contributed by atoms with Gasteiger partial charge in [0.25, 0.3) is 11.8 Å². The summed E-state index contributed by atoms with van der Waals surface area (Å²) < 4.78 is 0. The van der Waals surface area contributed by atoms with Crippen molar-refractivity contribution in [1.82, 2.24) is 5.32 Å². The van der Waals surface area contributed by atoms with E-state index in [1.807, 2.05) is 13.8 Å². The quantitative estimate of drug-likeness (QED) is 0.550. The summed E-state index contributed by atoms with van der Waals surface area (Å²) in [5.41, 5.74) is 0. The smallest absolute Gasteiger partial charge is 0.252 e. The SMILES string of the molecule is CCC1C(=O)[N]C(=O)C1CC. The summed E-state index contributed by atoms with van der Waals surface area (Å²) >= 11 is 0. The first kappa shape index (κ1) is 8.24. The fraction of sp³-hybridized carbons (Fsp3) is 0.750. The molecule has 3 nitrogen and oxygen atoms in total. The monoisotopic (exact) mass is 154 g/mol. The van der Waals surface area contributed by atoms with Crippen LogP contribution in [0.1, 0.15) is 26.7 Å². The van der Waals surface area contributed by atoms with Gasteiger partial charge in [0.2, 0.25) is 0 Å². The van der Waals surface area contributed by atoms with Crippen LogP contribution < -0.4 is 5.32 Å². The molecule has 61 valence electrons. The van der Waals surface area contributed by atoms with Gasteiger partial charge in [0.1, 0.15) is 0 Å². The van der Waals surface area contributed by atoms with Crippen LogP contribution in [0.25, 0.3) is 0 Å². The number of carbonyl (C=O) groups excluding carboxylic acids is 2. The molecule has 2 unspecified atom stereocenters. The van der Waals surface area contributed by atoms with Gasteiger partial charge in [-0.15, -0.1) is 0 Å². The van der Waals surface area contributed by atoms with Crippen LogP contribution in [-0.2, 0) is 9.59 Å². The molecule has 1 aliphatic heterocycles. The van der Waals surface area contributed by atoms with E-state index in [1.54, 1.807) is 0 Å². The highest BCUT2D eigenvalue weighted by atomic mass is 16.2. The predicted molar refractivity (Wildman–Crippen MR) is 39.7 cm³/mol. The summed E-state index contributed by atoms with van der Waals surface area (Å²) in [6.45, 7) is 3.83. The molecule has 3 heteroatoms. The van der Waals surface area contributed by atoms with Gasteiger partial charge < -0.3 is 0 Å². The third kappa shape index (κ3) is 1.27. The van der Waals surface area contributed by atoms with E-state index in [2.05, 4.69) is 5.32 Å². The lowest BCUT2D eigenvalue weighted by molar-refractivity contribution is -0.126. The summed E-state index contributed by atoms with van der Waals surface area (Å²) in [4.78, 5) is 22.0. The first-order valence-corrected chi connectivity index (χ1v) is 4.00. The number of imide groups is 1. The van der Waals surface area contributed by atoms with Gasteiger partial charge in [0.15, 0.2) is 0 Å².